The van der Waals surface area contributed by atoms with Gasteiger partial charge in [0.15, 0.2) is 22.5 Å². The number of hydrogen-bond acceptors (Lipinski definition) is 13. The Hall–Kier alpha value is -4.50. The second-order valence-corrected chi connectivity index (χ2v) is 17.7. The van der Waals surface area contributed by atoms with Gasteiger partial charge in [0.25, 0.3) is 0 Å². The second kappa shape index (κ2) is 15.1. The molecule has 1 saturated heterocycles. The van der Waals surface area contributed by atoms with Crippen LogP contribution in [0.4, 0.5) is 22.6 Å². The number of thiazole rings is 1. The number of carbonyl (C=O) groups is 1. The number of nitrogens with one attached hydrogen (secondary N) is 1. The number of aromatic carboxylic acids is 1. The number of nitrogens with zero attached hydrogens (tertiary/aromatic N) is 7. The highest BCUT2D eigenvalue weighted by atomic mass is 32.1. The highest BCUT2D eigenvalue weighted by molar-refractivity contribution is 7.22. The number of fused-ring (bicyclic) bond motifs is 2. The summed E-state index contributed by atoms with van der Waals surface area (Å²) in [7, 11) is 0. The Morgan fingerprint density at radius 2 is 1.91 bits per heavy atom. The number of anilines is 4. The van der Waals surface area contributed by atoms with Gasteiger partial charge in [-0.15, -0.1) is 10.2 Å². The predicted molar refractivity (Wildman–Crippen MR) is 219 cm³/mol. The molecular formula is C42H51N9O4S. The average molecular weight is 778 g/mol. The topological polar surface area (TPSA) is 164 Å². The molecular weight excluding hydrogens is 727 g/mol. The predicted octanol–water partition coefficient (Wildman–Crippen LogP) is 6.76. The van der Waals surface area contributed by atoms with Crippen LogP contribution in [-0.4, -0.2) is 100.0 Å². The molecule has 13 nitrogen and oxygen atoms in total. The first-order valence-electron chi connectivity index (χ1n) is 20.1. The van der Waals surface area contributed by atoms with Gasteiger partial charge >= 0.3 is 5.97 Å². The molecule has 4 aliphatic carbocycles. The molecule has 2 atom stereocenters. The zero-order valence-corrected chi connectivity index (χ0v) is 33.1. The van der Waals surface area contributed by atoms with Gasteiger partial charge in [0.1, 0.15) is 5.82 Å². The van der Waals surface area contributed by atoms with Crippen LogP contribution in [0.2, 0.25) is 0 Å². The number of pyridine rings is 1. The molecule has 14 heteroatoms. The fourth-order valence-corrected chi connectivity index (χ4v) is 11.5. The summed E-state index contributed by atoms with van der Waals surface area (Å²) < 4.78 is 13.5. The van der Waals surface area contributed by atoms with E-state index in [2.05, 4.69) is 26.5 Å². The van der Waals surface area contributed by atoms with Crippen molar-refractivity contribution in [3.63, 3.8) is 0 Å². The zero-order valence-electron chi connectivity index (χ0n) is 32.3. The molecule has 0 radical (unpaired) electrons. The molecule has 5 fully saturated rings. The minimum absolute atomic E-state index is 0.0625. The molecule has 3 aromatic heterocycles. The number of carboxylic acids is 1. The number of rotatable bonds is 12. The van der Waals surface area contributed by atoms with E-state index in [0.717, 1.165) is 104 Å². The molecule has 4 aromatic rings. The van der Waals surface area contributed by atoms with Gasteiger partial charge in [0, 0.05) is 66.9 Å². The Bertz CT molecular complexity index is 2150. The quantitative estimate of drug-likeness (QED) is 0.130. The smallest absolute Gasteiger partial charge is 0.355 e. The van der Waals surface area contributed by atoms with E-state index in [0.29, 0.717) is 53.5 Å². The van der Waals surface area contributed by atoms with Crippen molar-refractivity contribution in [3.05, 3.63) is 65.0 Å². The molecule has 0 amide bonds. The van der Waals surface area contributed by atoms with Crippen molar-refractivity contribution in [3.8, 4) is 0 Å². The van der Waals surface area contributed by atoms with Crippen molar-refractivity contribution in [2.45, 2.75) is 70.8 Å². The monoisotopic (exact) mass is 777 g/mol. The Morgan fingerprint density at radius 1 is 1.11 bits per heavy atom. The minimum Gasteiger partial charge on any atom is -0.476 e. The Morgan fingerprint density at radius 3 is 2.68 bits per heavy atom. The van der Waals surface area contributed by atoms with Crippen molar-refractivity contribution in [1.29, 1.82) is 0 Å². The van der Waals surface area contributed by atoms with Gasteiger partial charge in [-0.25, -0.2) is 14.8 Å². The van der Waals surface area contributed by atoms with Gasteiger partial charge in [0.2, 0.25) is 0 Å². The van der Waals surface area contributed by atoms with Crippen LogP contribution in [0.15, 0.2) is 47.6 Å². The maximum atomic E-state index is 12.8. The summed E-state index contributed by atoms with van der Waals surface area (Å²) in [6, 6.07) is 11.7. The molecule has 5 heterocycles. The van der Waals surface area contributed by atoms with Crippen molar-refractivity contribution in [2.24, 2.45) is 28.0 Å². The molecule has 4 saturated carbocycles. The van der Waals surface area contributed by atoms with Crippen LogP contribution in [0.5, 0.6) is 0 Å². The van der Waals surface area contributed by atoms with Crippen LogP contribution in [-0.2, 0) is 15.9 Å². The Balaban J connectivity index is 0.923. The number of carboxylic acid groups (broad SMARTS) is 1. The zero-order chi connectivity index (χ0) is 38.4. The van der Waals surface area contributed by atoms with Crippen molar-refractivity contribution < 1.29 is 19.4 Å². The van der Waals surface area contributed by atoms with Crippen molar-refractivity contribution in [2.75, 3.05) is 62.8 Å². The SMILES string of the molecule is CC(=NCC12CC3CC(C1)CC(OCCN1CCOCC1)(C3)C2)C(=CN)c1ccc(N2CCCc3c2nnc(Nc2nc4ccccc4s2)c3C)nc1C(=O)O. The fraction of sp³-hybridized carbons (Fsp3) is 0.524. The summed E-state index contributed by atoms with van der Waals surface area (Å²) in [5.74, 6) is 2.07. The van der Waals surface area contributed by atoms with Gasteiger partial charge in [-0.1, -0.05) is 23.5 Å². The number of aliphatic imine (C=N–C) groups is 1. The average Bonchev–Trinajstić information content (AvgIpc) is 3.61. The third-order valence-corrected chi connectivity index (χ3v) is 13.8. The number of ether oxygens (including phenoxy) is 2. The molecule has 2 aliphatic heterocycles. The maximum absolute atomic E-state index is 12.8. The number of hydrogen-bond donors (Lipinski definition) is 3. The van der Waals surface area contributed by atoms with Crippen LogP contribution < -0.4 is 16.0 Å². The fourth-order valence-electron chi connectivity index (χ4n) is 10.6. The first-order valence-corrected chi connectivity index (χ1v) is 20.9. The summed E-state index contributed by atoms with van der Waals surface area (Å²) in [6.45, 7) is 10.6. The molecule has 4 bridgehead atoms. The Labute approximate surface area is 331 Å². The van der Waals surface area contributed by atoms with Crippen LogP contribution in [0.25, 0.3) is 15.8 Å². The normalized spacial score (nSPS) is 26.5. The molecule has 10 rings (SSSR count). The van der Waals surface area contributed by atoms with E-state index in [1.54, 1.807) is 11.3 Å². The third-order valence-electron chi connectivity index (χ3n) is 12.8. The molecule has 0 spiro atoms. The van der Waals surface area contributed by atoms with E-state index >= 15 is 0 Å². The van der Waals surface area contributed by atoms with Gasteiger partial charge in [-0.05, 0) is 107 Å². The van der Waals surface area contributed by atoms with Gasteiger partial charge in [-0.3, -0.25) is 9.89 Å². The third kappa shape index (κ3) is 7.16. The lowest BCUT2D eigenvalue weighted by Crippen LogP contribution is -2.58. The maximum Gasteiger partial charge on any atom is 0.355 e. The van der Waals surface area contributed by atoms with Crippen LogP contribution >= 0.6 is 11.3 Å². The first kappa shape index (κ1) is 37.1. The second-order valence-electron chi connectivity index (χ2n) is 16.6. The lowest BCUT2D eigenvalue weighted by molar-refractivity contribution is -0.192. The number of morpholine rings is 1. The highest BCUT2D eigenvalue weighted by Crippen LogP contribution is 2.63. The van der Waals surface area contributed by atoms with Gasteiger partial charge < -0.3 is 30.5 Å². The molecule has 6 aliphatic rings. The summed E-state index contributed by atoms with van der Waals surface area (Å²) in [5.41, 5.74) is 11.0. The van der Waals surface area contributed by atoms with E-state index in [1.807, 2.05) is 49.1 Å². The minimum atomic E-state index is -1.12. The number of nitrogens with two attached hydrogens (primary N) is 1. The van der Waals surface area contributed by atoms with E-state index in [9.17, 15) is 9.90 Å². The van der Waals surface area contributed by atoms with Crippen molar-refractivity contribution in [1.82, 2.24) is 25.1 Å². The number of aromatic nitrogens is 4. The van der Waals surface area contributed by atoms with Crippen LogP contribution in [0.3, 0.4) is 0 Å². The summed E-state index contributed by atoms with van der Waals surface area (Å²) in [4.78, 5) is 31.9. The molecule has 4 N–H and O–H groups in total. The van der Waals surface area contributed by atoms with E-state index in [-0.39, 0.29) is 16.7 Å². The largest absolute Gasteiger partial charge is 0.476 e. The van der Waals surface area contributed by atoms with E-state index < -0.39 is 5.97 Å². The summed E-state index contributed by atoms with van der Waals surface area (Å²) >= 11 is 1.57. The lowest BCUT2D eigenvalue weighted by Gasteiger charge is -2.61. The first-order chi connectivity index (χ1) is 27.2. The molecule has 2 unspecified atom stereocenters. The molecule has 294 valence electrons. The molecule has 56 heavy (non-hydrogen) atoms. The van der Waals surface area contributed by atoms with Gasteiger partial charge in [-0.2, -0.15) is 0 Å². The standard InChI is InChI=1S/C42H51N9O4S/c1-26-30-6-5-11-51(38(30)49-48-37(26)47-40-45-33-7-3-4-8-34(33)56-40)35-10-9-31(36(46-35)39(52)53)32(23-43)27(2)44-25-41-19-28-18-29(20-41)22-42(21-28,24-41)55-17-14-50-12-15-54-16-13-50/h3-4,7-10,23,28-29H,5-6,11-22,24-25,43H2,1-2H3,(H,52,53)(H,45,47,48). The Kier molecular flexibility index (Phi) is 10.0. The van der Waals surface area contributed by atoms with Crippen LogP contribution in [0.1, 0.15) is 79.0 Å². The van der Waals surface area contributed by atoms with Crippen molar-refractivity contribution >= 4 is 61.4 Å². The number of benzene rings is 1. The molecule has 1 aromatic carbocycles. The summed E-state index contributed by atoms with van der Waals surface area (Å²) in [6.07, 6.45) is 10.1. The van der Waals surface area contributed by atoms with E-state index in [1.165, 1.54) is 25.5 Å². The van der Waals surface area contributed by atoms with Crippen LogP contribution in [0, 0.1) is 24.2 Å². The number of allylic oxidation sites excluding steroid dienone is 1. The summed E-state index contributed by atoms with van der Waals surface area (Å²) in [5, 5.41) is 23.8. The number of para-hydroxylation sites is 1. The lowest BCUT2D eigenvalue weighted by atomic mass is 9.48. The van der Waals surface area contributed by atoms with E-state index in [4.69, 9.17) is 30.2 Å². The highest BCUT2D eigenvalue weighted by Gasteiger charge is 2.58. The van der Waals surface area contributed by atoms with Gasteiger partial charge in [0.05, 0.1) is 35.6 Å².